The maximum atomic E-state index is 13.8. The van der Waals surface area contributed by atoms with Crippen LogP contribution in [-0.4, -0.2) is 42.6 Å². The molecule has 3 rings (SSSR count). The van der Waals surface area contributed by atoms with Gasteiger partial charge in [0, 0.05) is 43.8 Å². The fourth-order valence-corrected chi connectivity index (χ4v) is 3.42. The summed E-state index contributed by atoms with van der Waals surface area (Å²) in [7, 11) is 1.72. The average Bonchev–Trinajstić information content (AvgIpc) is 3.36. The van der Waals surface area contributed by atoms with Crippen LogP contribution in [0.5, 0.6) is 0 Å². The summed E-state index contributed by atoms with van der Waals surface area (Å²) in [5, 5.41) is 15.5. The van der Waals surface area contributed by atoms with Crippen molar-refractivity contribution in [3.05, 3.63) is 35.1 Å². The lowest BCUT2D eigenvalue weighted by atomic mass is 10.1. The fourth-order valence-electron chi connectivity index (χ4n) is 3.42. The minimum atomic E-state index is -0.314. The maximum Gasteiger partial charge on any atom is 0.191 e. The molecule has 0 aromatic heterocycles. The summed E-state index contributed by atoms with van der Waals surface area (Å²) in [5.74, 6) is 0.359. The average molecular weight is 329 g/mol. The van der Waals surface area contributed by atoms with Gasteiger partial charge in [-0.05, 0) is 44.4 Å². The predicted octanol–water partition coefficient (Wildman–Crippen LogP) is 1.99. The molecule has 1 aromatic rings. The molecule has 1 saturated heterocycles. The van der Waals surface area contributed by atoms with Gasteiger partial charge < -0.3 is 10.6 Å². The van der Waals surface area contributed by atoms with E-state index in [2.05, 4.69) is 27.4 Å². The molecule has 1 saturated carbocycles. The van der Waals surface area contributed by atoms with E-state index < -0.39 is 0 Å². The number of nitriles is 1. The molecule has 2 aliphatic rings. The zero-order chi connectivity index (χ0) is 17.1. The zero-order valence-corrected chi connectivity index (χ0v) is 14.2. The highest BCUT2D eigenvalue weighted by molar-refractivity contribution is 5.80. The first-order chi connectivity index (χ1) is 11.6. The molecule has 2 N–H and O–H groups in total. The highest BCUT2D eigenvalue weighted by Gasteiger charge is 2.38. The van der Waals surface area contributed by atoms with Crippen molar-refractivity contribution in [1.82, 2.24) is 15.5 Å². The normalized spacial score (nSPS) is 24.7. The summed E-state index contributed by atoms with van der Waals surface area (Å²) >= 11 is 0. The predicted molar refractivity (Wildman–Crippen MR) is 92.0 cm³/mol. The highest BCUT2D eigenvalue weighted by Crippen LogP contribution is 2.33. The van der Waals surface area contributed by atoms with E-state index in [1.165, 1.54) is 25.0 Å². The Morgan fingerprint density at radius 3 is 2.92 bits per heavy atom. The molecule has 2 fully saturated rings. The molecular formula is C18H24FN5. The third-order valence-corrected chi connectivity index (χ3v) is 4.82. The maximum absolute atomic E-state index is 13.8. The van der Waals surface area contributed by atoms with Crippen LogP contribution in [0.25, 0.3) is 0 Å². The summed E-state index contributed by atoms with van der Waals surface area (Å²) in [4.78, 5) is 6.81. The molecule has 0 bridgehead atoms. The van der Waals surface area contributed by atoms with Crippen molar-refractivity contribution in [2.24, 2.45) is 4.99 Å². The molecule has 24 heavy (non-hydrogen) atoms. The topological polar surface area (TPSA) is 63.5 Å². The standard InChI is InChI=1S/C18H24FN5/c1-12-7-15(11-24(12)16-4-5-16)23-18(21-2)22-10-14-8-13(9-20)3-6-17(14)19/h3,6,8,12,15-16H,4-5,7,10-11H2,1-2H3,(H2,21,22,23). The van der Waals surface area contributed by atoms with E-state index in [0.717, 1.165) is 19.0 Å². The van der Waals surface area contributed by atoms with Gasteiger partial charge in [0.2, 0.25) is 0 Å². The van der Waals surface area contributed by atoms with E-state index in [-0.39, 0.29) is 5.82 Å². The molecule has 2 unspecified atom stereocenters. The lowest BCUT2D eigenvalue weighted by Crippen LogP contribution is -2.44. The second-order valence-electron chi connectivity index (χ2n) is 6.70. The Balaban J connectivity index is 1.55. The number of aliphatic imine (C=N–C) groups is 1. The Bertz CT molecular complexity index is 662. The van der Waals surface area contributed by atoms with Crippen LogP contribution in [0.1, 0.15) is 37.3 Å². The summed E-state index contributed by atoms with van der Waals surface area (Å²) < 4.78 is 13.8. The van der Waals surface area contributed by atoms with E-state index in [9.17, 15) is 4.39 Å². The van der Waals surface area contributed by atoms with Crippen molar-refractivity contribution in [3.8, 4) is 6.07 Å². The van der Waals surface area contributed by atoms with Crippen molar-refractivity contribution in [2.75, 3.05) is 13.6 Å². The highest BCUT2D eigenvalue weighted by atomic mass is 19.1. The minimum absolute atomic E-state index is 0.301. The van der Waals surface area contributed by atoms with E-state index in [4.69, 9.17) is 5.26 Å². The van der Waals surface area contributed by atoms with Crippen molar-refractivity contribution in [2.45, 2.75) is 50.9 Å². The number of nitrogens with one attached hydrogen (secondary N) is 2. The number of hydrogen-bond acceptors (Lipinski definition) is 3. The van der Waals surface area contributed by atoms with Gasteiger partial charge in [0.1, 0.15) is 5.82 Å². The molecule has 5 nitrogen and oxygen atoms in total. The van der Waals surface area contributed by atoms with Gasteiger partial charge in [-0.1, -0.05) is 0 Å². The quantitative estimate of drug-likeness (QED) is 0.655. The molecule has 2 atom stereocenters. The van der Waals surface area contributed by atoms with Crippen LogP contribution in [0, 0.1) is 17.1 Å². The van der Waals surface area contributed by atoms with E-state index in [0.29, 0.717) is 35.7 Å². The first-order valence-corrected chi connectivity index (χ1v) is 8.52. The van der Waals surface area contributed by atoms with Crippen LogP contribution in [0.2, 0.25) is 0 Å². The molecule has 0 radical (unpaired) electrons. The fraction of sp³-hybridized carbons (Fsp3) is 0.556. The van der Waals surface area contributed by atoms with Crippen LogP contribution in [0.15, 0.2) is 23.2 Å². The lowest BCUT2D eigenvalue weighted by Gasteiger charge is -2.20. The van der Waals surface area contributed by atoms with Gasteiger partial charge in [-0.15, -0.1) is 0 Å². The SMILES string of the molecule is CN=C(NCc1cc(C#N)ccc1F)NC1CC(C)N(C2CC2)C1. The lowest BCUT2D eigenvalue weighted by molar-refractivity contribution is 0.256. The molecular weight excluding hydrogens is 305 g/mol. The van der Waals surface area contributed by atoms with Crippen LogP contribution >= 0.6 is 0 Å². The van der Waals surface area contributed by atoms with Gasteiger partial charge in [0.25, 0.3) is 0 Å². The van der Waals surface area contributed by atoms with Crippen LogP contribution in [0.3, 0.4) is 0 Å². The number of benzene rings is 1. The third-order valence-electron chi connectivity index (χ3n) is 4.82. The second kappa shape index (κ2) is 7.18. The summed E-state index contributed by atoms with van der Waals surface area (Å²) in [5.41, 5.74) is 0.928. The molecule has 1 aromatic carbocycles. The molecule has 1 aliphatic heterocycles. The summed E-state index contributed by atoms with van der Waals surface area (Å²) in [6, 6.07) is 8.15. The van der Waals surface area contributed by atoms with Gasteiger partial charge in [0.05, 0.1) is 11.6 Å². The largest absolute Gasteiger partial charge is 0.352 e. The number of guanidine groups is 1. The van der Waals surface area contributed by atoms with Crippen LogP contribution in [0.4, 0.5) is 4.39 Å². The molecule has 1 heterocycles. The minimum Gasteiger partial charge on any atom is -0.352 e. The Labute approximate surface area is 142 Å². The van der Waals surface area contributed by atoms with Gasteiger partial charge >= 0.3 is 0 Å². The molecule has 1 aliphatic carbocycles. The Morgan fingerprint density at radius 2 is 2.25 bits per heavy atom. The Hall–Kier alpha value is -2.13. The summed E-state index contributed by atoms with van der Waals surface area (Å²) in [6.45, 7) is 3.61. The van der Waals surface area contributed by atoms with Crippen LogP contribution in [-0.2, 0) is 6.54 Å². The molecule has 0 spiro atoms. The van der Waals surface area contributed by atoms with Crippen molar-refractivity contribution < 1.29 is 4.39 Å². The van der Waals surface area contributed by atoms with Gasteiger partial charge in [-0.2, -0.15) is 5.26 Å². The van der Waals surface area contributed by atoms with Crippen molar-refractivity contribution in [1.29, 1.82) is 5.26 Å². The Kier molecular flexibility index (Phi) is 5.00. The number of likely N-dealkylation sites (tertiary alicyclic amines) is 1. The van der Waals surface area contributed by atoms with Crippen molar-refractivity contribution >= 4 is 5.96 Å². The first-order valence-electron chi connectivity index (χ1n) is 8.52. The monoisotopic (exact) mass is 329 g/mol. The molecule has 128 valence electrons. The van der Waals surface area contributed by atoms with Gasteiger partial charge in [-0.3, -0.25) is 9.89 Å². The van der Waals surface area contributed by atoms with Crippen LogP contribution < -0.4 is 10.6 Å². The zero-order valence-electron chi connectivity index (χ0n) is 14.2. The smallest absolute Gasteiger partial charge is 0.191 e. The first kappa shape index (κ1) is 16.7. The summed E-state index contributed by atoms with van der Waals surface area (Å²) in [6.07, 6.45) is 3.73. The number of rotatable bonds is 4. The van der Waals surface area contributed by atoms with Gasteiger partial charge in [0.15, 0.2) is 5.96 Å². The number of halogens is 1. The Morgan fingerprint density at radius 1 is 1.46 bits per heavy atom. The third kappa shape index (κ3) is 3.85. The van der Waals surface area contributed by atoms with E-state index in [1.54, 1.807) is 13.1 Å². The molecule has 0 amide bonds. The molecule has 6 heteroatoms. The number of hydrogen-bond donors (Lipinski definition) is 2. The number of nitrogens with zero attached hydrogens (tertiary/aromatic N) is 3. The van der Waals surface area contributed by atoms with E-state index in [1.807, 2.05) is 6.07 Å². The van der Waals surface area contributed by atoms with Gasteiger partial charge in [-0.25, -0.2) is 4.39 Å². The van der Waals surface area contributed by atoms with E-state index >= 15 is 0 Å². The second-order valence-corrected chi connectivity index (χ2v) is 6.70. The van der Waals surface area contributed by atoms with Crippen molar-refractivity contribution in [3.63, 3.8) is 0 Å².